The van der Waals surface area contributed by atoms with E-state index in [1.165, 1.54) is 22.3 Å². The van der Waals surface area contributed by atoms with E-state index >= 15 is 0 Å². The molecule has 0 radical (unpaired) electrons. The molecule has 9 heteroatoms. The van der Waals surface area contributed by atoms with Crippen molar-refractivity contribution in [3.63, 3.8) is 0 Å². The number of aromatic nitrogens is 1. The lowest BCUT2D eigenvalue weighted by molar-refractivity contribution is -0.129. The molecule has 1 atom stereocenters. The van der Waals surface area contributed by atoms with Crippen LogP contribution in [-0.2, 0) is 4.79 Å². The highest BCUT2D eigenvalue weighted by atomic mass is 32.1. The first-order chi connectivity index (χ1) is 18.3. The Hall–Kier alpha value is -3.69. The van der Waals surface area contributed by atoms with E-state index in [1.807, 2.05) is 44.2 Å². The van der Waals surface area contributed by atoms with E-state index in [-0.39, 0.29) is 17.1 Å². The fraction of sp³-hybridized carbons (Fsp3) is 0.345. The van der Waals surface area contributed by atoms with Crippen LogP contribution in [0.5, 0.6) is 11.5 Å². The highest BCUT2D eigenvalue weighted by molar-refractivity contribution is 7.17. The lowest BCUT2D eigenvalue weighted by Gasteiger charge is -2.29. The third-order valence-electron chi connectivity index (χ3n) is 6.72. The summed E-state index contributed by atoms with van der Waals surface area (Å²) >= 11 is 1.24. The van der Waals surface area contributed by atoms with Gasteiger partial charge in [0.2, 0.25) is 5.78 Å². The van der Waals surface area contributed by atoms with Gasteiger partial charge in [0.25, 0.3) is 5.91 Å². The minimum atomic E-state index is -0.841. The molecular formula is C29H33N3O5S. The SMILES string of the molecule is CCOc1cc(C2C(C(=O)c3sc(-c4ccccc4)nc3C)=C(O)C(=O)N2CCN(CC)CC)ccc1O. The van der Waals surface area contributed by atoms with Gasteiger partial charge >= 0.3 is 0 Å². The zero-order valence-electron chi connectivity index (χ0n) is 22.1. The third-order valence-corrected chi connectivity index (χ3v) is 7.93. The number of phenols is 1. The number of nitrogens with zero attached hydrogens (tertiary/aromatic N) is 3. The summed E-state index contributed by atoms with van der Waals surface area (Å²) in [6, 6.07) is 13.5. The maximum atomic E-state index is 14.0. The van der Waals surface area contributed by atoms with Gasteiger partial charge in [-0.2, -0.15) is 0 Å². The number of hydrogen-bond donors (Lipinski definition) is 2. The topological polar surface area (TPSA) is 103 Å². The summed E-state index contributed by atoms with van der Waals surface area (Å²) in [5.74, 6) is -1.38. The van der Waals surface area contributed by atoms with Crippen LogP contribution in [0, 0.1) is 6.92 Å². The number of phenolic OH excluding ortho intramolecular Hbond substituents is 1. The lowest BCUT2D eigenvalue weighted by atomic mass is 9.94. The average molecular weight is 536 g/mol. The Balaban J connectivity index is 1.78. The van der Waals surface area contributed by atoms with E-state index in [2.05, 4.69) is 9.88 Å². The smallest absolute Gasteiger partial charge is 0.290 e. The fourth-order valence-electron chi connectivity index (χ4n) is 4.66. The van der Waals surface area contributed by atoms with Gasteiger partial charge in [0.1, 0.15) is 5.01 Å². The molecular weight excluding hydrogens is 502 g/mol. The number of carbonyl (C=O) groups excluding carboxylic acids is 2. The molecule has 4 rings (SSSR count). The maximum Gasteiger partial charge on any atom is 0.290 e. The number of aliphatic hydroxyl groups is 1. The summed E-state index contributed by atoms with van der Waals surface area (Å²) in [5, 5.41) is 22.0. The molecule has 0 saturated heterocycles. The largest absolute Gasteiger partial charge is 0.504 e. The first-order valence-corrected chi connectivity index (χ1v) is 13.6. The minimum Gasteiger partial charge on any atom is -0.504 e. The number of ketones is 1. The minimum absolute atomic E-state index is 0.00838. The first-order valence-electron chi connectivity index (χ1n) is 12.8. The summed E-state index contributed by atoms with van der Waals surface area (Å²) in [6.07, 6.45) is 0. The predicted molar refractivity (Wildman–Crippen MR) is 148 cm³/mol. The van der Waals surface area contributed by atoms with Crippen LogP contribution in [0.3, 0.4) is 0 Å². The quantitative estimate of drug-likeness (QED) is 0.328. The molecule has 2 aromatic carbocycles. The molecule has 1 aliphatic heterocycles. The number of likely N-dealkylation sites (N-methyl/N-ethyl adjacent to an activating group) is 1. The number of benzene rings is 2. The Labute approximate surface area is 226 Å². The van der Waals surface area contributed by atoms with Crippen molar-refractivity contribution in [2.75, 3.05) is 32.8 Å². The standard InChI is InChI=1S/C29H33N3O5S/c1-5-31(6-2)15-16-32-24(20-13-14-21(33)22(17-20)37-7-3)23(26(35)29(32)36)25(34)27-18(4)30-28(38-27)19-11-9-8-10-12-19/h8-14,17,24,33,35H,5-7,15-16H2,1-4H3. The fourth-order valence-corrected chi connectivity index (χ4v) is 5.68. The lowest BCUT2D eigenvalue weighted by Crippen LogP contribution is -2.38. The van der Waals surface area contributed by atoms with Crippen LogP contribution in [0.1, 0.15) is 47.7 Å². The molecule has 0 fully saturated rings. The predicted octanol–water partition coefficient (Wildman–Crippen LogP) is 5.14. The molecule has 200 valence electrons. The Morgan fingerprint density at radius 1 is 1.11 bits per heavy atom. The molecule has 0 spiro atoms. The molecule has 1 amide bonds. The van der Waals surface area contributed by atoms with Crippen molar-refractivity contribution in [1.82, 2.24) is 14.8 Å². The Kier molecular flexibility index (Phi) is 8.48. The van der Waals surface area contributed by atoms with Gasteiger partial charge in [-0.1, -0.05) is 50.2 Å². The number of amides is 1. The molecule has 1 aromatic heterocycles. The van der Waals surface area contributed by atoms with E-state index in [0.717, 1.165) is 18.7 Å². The van der Waals surface area contributed by atoms with Crippen molar-refractivity contribution in [2.24, 2.45) is 0 Å². The van der Waals surface area contributed by atoms with Crippen molar-refractivity contribution in [1.29, 1.82) is 0 Å². The van der Waals surface area contributed by atoms with E-state index in [1.54, 1.807) is 26.0 Å². The van der Waals surface area contributed by atoms with E-state index in [9.17, 15) is 19.8 Å². The van der Waals surface area contributed by atoms with Crippen LogP contribution in [-0.4, -0.2) is 69.5 Å². The highest BCUT2D eigenvalue weighted by Crippen LogP contribution is 2.42. The van der Waals surface area contributed by atoms with Gasteiger partial charge in [0, 0.05) is 18.7 Å². The molecule has 0 saturated carbocycles. The van der Waals surface area contributed by atoms with Crippen molar-refractivity contribution >= 4 is 23.0 Å². The third kappa shape index (κ3) is 5.30. The van der Waals surface area contributed by atoms with Gasteiger partial charge in [0.15, 0.2) is 17.3 Å². The summed E-state index contributed by atoms with van der Waals surface area (Å²) in [6.45, 7) is 10.5. The zero-order chi connectivity index (χ0) is 27.4. The summed E-state index contributed by atoms with van der Waals surface area (Å²) in [4.78, 5) is 36.0. The van der Waals surface area contributed by atoms with Gasteiger partial charge in [0.05, 0.1) is 28.8 Å². The number of aliphatic hydroxyl groups excluding tert-OH is 1. The first kappa shape index (κ1) is 27.3. The molecule has 0 bridgehead atoms. The van der Waals surface area contributed by atoms with Crippen LogP contribution in [0.25, 0.3) is 10.6 Å². The van der Waals surface area contributed by atoms with Crippen LogP contribution in [0.2, 0.25) is 0 Å². The summed E-state index contributed by atoms with van der Waals surface area (Å²) in [7, 11) is 0. The monoisotopic (exact) mass is 535 g/mol. The number of aromatic hydroxyl groups is 1. The van der Waals surface area contributed by atoms with Crippen molar-refractivity contribution in [3.05, 3.63) is 76.0 Å². The van der Waals surface area contributed by atoms with Gasteiger partial charge in [-0.3, -0.25) is 9.59 Å². The van der Waals surface area contributed by atoms with E-state index < -0.39 is 23.5 Å². The Morgan fingerprint density at radius 2 is 1.82 bits per heavy atom. The summed E-state index contributed by atoms with van der Waals surface area (Å²) < 4.78 is 5.58. The van der Waals surface area contributed by atoms with Crippen molar-refractivity contribution in [2.45, 2.75) is 33.7 Å². The van der Waals surface area contributed by atoms with E-state index in [4.69, 9.17) is 4.74 Å². The summed E-state index contributed by atoms with van der Waals surface area (Å²) in [5.41, 5.74) is 2.00. The number of aryl methyl sites for hydroxylation is 1. The second-order valence-corrected chi connectivity index (χ2v) is 9.98. The Bertz CT molecular complexity index is 1350. The van der Waals surface area contributed by atoms with Crippen LogP contribution in [0.4, 0.5) is 0 Å². The number of thiazole rings is 1. The molecule has 1 unspecified atom stereocenters. The van der Waals surface area contributed by atoms with Gasteiger partial charge in [-0.25, -0.2) is 4.98 Å². The van der Waals surface area contributed by atoms with E-state index in [0.29, 0.717) is 40.8 Å². The Morgan fingerprint density at radius 3 is 2.47 bits per heavy atom. The van der Waals surface area contributed by atoms with Crippen molar-refractivity contribution < 1.29 is 24.5 Å². The molecule has 8 nitrogen and oxygen atoms in total. The highest BCUT2D eigenvalue weighted by Gasteiger charge is 2.44. The number of hydrogen-bond acceptors (Lipinski definition) is 8. The normalized spacial score (nSPS) is 15.6. The van der Waals surface area contributed by atoms with Gasteiger partial charge < -0.3 is 24.7 Å². The zero-order valence-corrected chi connectivity index (χ0v) is 22.9. The van der Waals surface area contributed by atoms with Crippen molar-refractivity contribution in [3.8, 4) is 22.1 Å². The molecule has 3 aromatic rings. The number of rotatable bonds is 11. The average Bonchev–Trinajstić information content (AvgIpc) is 3.43. The van der Waals surface area contributed by atoms with Crippen LogP contribution in [0.15, 0.2) is 59.9 Å². The molecule has 1 aliphatic rings. The molecule has 2 heterocycles. The van der Waals surface area contributed by atoms with Crippen LogP contribution >= 0.6 is 11.3 Å². The second kappa shape index (κ2) is 11.8. The number of Topliss-reactive ketones (excluding diaryl/α,β-unsaturated/α-hetero) is 1. The molecule has 38 heavy (non-hydrogen) atoms. The van der Waals surface area contributed by atoms with Crippen LogP contribution < -0.4 is 4.74 Å². The second-order valence-electron chi connectivity index (χ2n) is 8.98. The van der Waals surface area contributed by atoms with Gasteiger partial charge in [-0.05, 0) is 44.6 Å². The maximum absolute atomic E-state index is 14.0. The number of ether oxygens (including phenoxy) is 1. The van der Waals surface area contributed by atoms with Gasteiger partial charge in [-0.15, -0.1) is 11.3 Å². The number of carbonyl (C=O) groups is 2. The molecule has 0 aliphatic carbocycles. The molecule has 2 N–H and O–H groups in total.